The van der Waals surface area contributed by atoms with E-state index < -0.39 is 5.97 Å². The number of hydrogen-bond acceptors (Lipinski definition) is 3. The highest BCUT2D eigenvalue weighted by atomic mass is 16.5. The number of Topliss-reactive ketones (excluding diaryl/α,β-unsaturated/α-hetero) is 1. The topological polar surface area (TPSA) is 59.2 Å². The van der Waals surface area contributed by atoms with Gasteiger partial charge in [0.2, 0.25) is 0 Å². The summed E-state index contributed by atoms with van der Waals surface area (Å²) in [5.74, 6) is -0.269. The van der Waals surface area contributed by atoms with E-state index >= 15 is 0 Å². The van der Waals surface area contributed by atoms with Gasteiger partial charge in [-0.1, -0.05) is 0 Å². The van der Waals surface area contributed by atoms with Gasteiger partial charge in [-0.2, -0.15) is 0 Å². The fourth-order valence-electron chi connectivity index (χ4n) is 2.24. The maximum atomic E-state index is 11.9. The Morgan fingerprint density at radius 1 is 1.31 bits per heavy atom. The summed E-state index contributed by atoms with van der Waals surface area (Å²) in [6.07, 6.45) is 3.32. The second kappa shape index (κ2) is 4.12. The molecule has 0 saturated carbocycles. The third-order valence-electron chi connectivity index (χ3n) is 3.08. The van der Waals surface area contributed by atoms with Gasteiger partial charge in [0.25, 0.3) is 0 Å². The molecule has 0 aliphatic heterocycles. The number of ether oxygens (including phenoxy) is 1. The molecule has 86 valence electrons. The molecule has 0 unspecified atom stereocenters. The number of methoxy groups -OCH3 is 1. The maximum Gasteiger partial charge on any atom is 0.354 e. The third kappa shape index (κ3) is 1.64. The second-order valence-corrected chi connectivity index (χ2v) is 4.10. The van der Waals surface area contributed by atoms with E-state index in [-0.39, 0.29) is 5.78 Å². The molecule has 1 aromatic heterocycles. The van der Waals surface area contributed by atoms with Crippen LogP contribution in [0, 0.1) is 6.92 Å². The summed E-state index contributed by atoms with van der Waals surface area (Å²) in [6, 6.07) is 0. The number of fused-ring (bicyclic) bond motifs is 1. The zero-order valence-corrected chi connectivity index (χ0v) is 9.55. The third-order valence-corrected chi connectivity index (χ3v) is 3.08. The van der Waals surface area contributed by atoms with Gasteiger partial charge in [-0.05, 0) is 31.7 Å². The summed E-state index contributed by atoms with van der Waals surface area (Å²) >= 11 is 0. The SMILES string of the molecule is COC(=O)c1[nH]c2c(c1C)C(=O)CCCC2. The van der Waals surface area contributed by atoms with Gasteiger partial charge in [0, 0.05) is 17.7 Å². The van der Waals surface area contributed by atoms with Gasteiger partial charge >= 0.3 is 5.97 Å². The van der Waals surface area contributed by atoms with Crippen molar-refractivity contribution in [3.63, 3.8) is 0 Å². The molecule has 0 atom stereocenters. The number of nitrogens with one attached hydrogen (secondary N) is 1. The first kappa shape index (κ1) is 10.9. The van der Waals surface area contributed by atoms with E-state index in [4.69, 9.17) is 0 Å². The van der Waals surface area contributed by atoms with Crippen LogP contribution in [-0.2, 0) is 11.2 Å². The number of aryl methyl sites for hydroxylation is 1. The Bertz CT molecular complexity index is 445. The number of rotatable bonds is 1. The largest absolute Gasteiger partial charge is 0.464 e. The molecule has 0 spiro atoms. The summed E-state index contributed by atoms with van der Waals surface area (Å²) in [7, 11) is 1.34. The smallest absolute Gasteiger partial charge is 0.354 e. The highest BCUT2D eigenvalue weighted by Gasteiger charge is 2.25. The van der Waals surface area contributed by atoms with E-state index in [0.29, 0.717) is 17.7 Å². The Balaban J connectivity index is 2.51. The first-order valence-corrected chi connectivity index (χ1v) is 5.48. The summed E-state index contributed by atoms with van der Waals surface area (Å²) in [5.41, 5.74) is 2.75. The summed E-state index contributed by atoms with van der Waals surface area (Å²) in [4.78, 5) is 26.4. The number of carbonyl (C=O) groups excluding carboxylic acids is 2. The van der Waals surface area contributed by atoms with Crippen LogP contribution >= 0.6 is 0 Å². The van der Waals surface area contributed by atoms with Crippen molar-refractivity contribution in [3.05, 3.63) is 22.5 Å². The first-order valence-electron chi connectivity index (χ1n) is 5.48. The zero-order valence-electron chi connectivity index (χ0n) is 9.55. The number of H-pyrrole nitrogens is 1. The Labute approximate surface area is 94.0 Å². The van der Waals surface area contributed by atoms with E-state index in [0.717, 1.165) is 30.5 Å². The molecule has 0 fully saturated rings. The average molecular weight is 221 g/mol. The van der Waals surface area contributed by atoms with Crippen molar-refractivity contribution in [1.29, 1.82) is 0 Å². The lowest BCUT2D eigenvalue weighted by Crippen LogP contribution is -2.05. The van der Waals surface area contributed by atoms with Gasteiger partial charge in [-0.25, -0.2) is 4.79 Å². The molecular formula is C12H15NO3. The van der Waals surface area contributed by atoms with Gasteiger partial charge < -0.3 is 9.72 Å². The Morgan fingerprint density at radius 3 is 2.69 bits per heavy atom. The fourth-order valence-corrected chi connectivity index (χ4v) is 2.24. The van der Waals surface area contributed by atoms with Crippen LogP contribution in [0.15, 0.2) is 0 Å². The Hall–Kier alpha value is -1.58. The quantitative estimate of drug-likeness (QED) is 0.583. The number of carbonyl (C=O) groups is 2. The van der Waals surface area contributed by atoms with E-state index in [2.05, 4.69) is 9.72 Å². The fraction of sp³-hybridized carbons (Fsp3) is 0.500. The molecule has 16 heavy (non-hydrogen) atoms. The van der Waals surface area contributed by atoms with Crippen LogP contribution in [0.25, 0.3) is 0 Å². The van der Waals surface area contributed by atoms with Gasteiger partial charge in [-0.15, -0.1) is 0 Å². The average Bonchev–Trinajstić information content (AvgIpc) is 2.48. The van der Waals surface area contributed by atoms with Crippen molar-refractivity contribution in [2.75, 3.05) is 7.11 Å². The molecule has 4 heteroatoms. The van der Waals surface area contributed by atoms with Gasteiger partial charge in [0.15, 0.2) is 5.78 Å². The zero-order chi connectivity index (χ0) is 11.7. The van der Waals surface area contributed by atoms with E-state index in [1.54, 1.807) is 6.92 Å². The molecule has 0 radical (unpaired) electrons. The Morgan fingerprint density at radius 2 is 2.00 bits per heavy atom. The van der Waals surface area contributed by atoms with Crippen molar-refractivity contribution < 1.29 is 14.3 Å². The van der Waals surface area contributed by atoms with Crippen LogP contribution < -0.4 is 0 Å². The monoisotopic (exact) mass is 221 g/mol. The van der Waals surface area contributed by atoms with Crippen molar-refractivity contribution in [1.82, 2.24) is 4.98 Å². The van der Waals surface area contributed by atoms with Gasteiger partial charge in [0.1, 0.15) is 5.69 Å². The predicted molar refractivity (Wildman–Crippen MR) is 58.8 cm³/mol. The lowest BCUT2D eigenvalue weighted by Gasteiger charge is -1.99. The number of ketones is 1. The molecule has 1 N–H and O–H groups in total. The molecule has 0 amide bonds. The highest BCUT2D eigenvalue weighted by Crippen LogP contribution is 2.26. The molecular weight excluding hydrogens is 206 g/mol. The summed E-state index contributed by atoms with van der Waals surface area (Å²) < 4.78 is 4.68. The van der Waals surface area contributed by atoms with Crippen molar-refractivity contribution in [2.24, 2.45) is 0 Å². The number of aromatic amines is 1. The molecule has 1 aliphatic carbocycles. The van der Waals surface area contributed by atoms with Crippen LogP contribution in [0.5, 0.6) is 0 Å². The van der Waals surface area contributed by atoms with E-state index in [1.165, 1.54) is 7.11 Å². The van der Waals surface area contributed by atoms with E-state index in [9.17, 15) is 9.59 Å². The normalized spacial score (nSPS) is 15.5. The molecule has 2 rings (SSSR count). The molecule has 1 aliphatic rings. The number of esters is 1. The standard InChI is InChI=1S/C12H15NO3/c1-7-10-8(5-3-4-6-9(10)14)13-11(7)12(15)16-2/h13H,3-6H2,1-2H3. The minimum atomic E-state index is -0.404. The van der Waals surface area contributed by atoms with Crippen LogP contribution in [0.3, 0.4) is 0 Å². The van der Waals surface area contributed by atoms with Crippen molar-refractivity contribution in [2.45, 2.75) is 32.6 Å². The van der Waals surface area contributed by atoms with Crippen molar-refractivity contribution in [3.8, 4) is 0 Å². The lowest BCUT2D eigenvalue weighted by molar-refractivity contribution is 0.0594. The van der Waals surface area contributed by atoms with Crippen LogP contribution in [-0.4, -0.2) is 23.8 Å². The molecule has 0 saturated heterocycles. The number of aromatic nitrogens is 1. The van der Waals surface area contributed by atoms with Crippen LogP contribution in [0.1, 0.15) is 51.4 Å². The molecule has 1 heterocycles. The van der Waals surface area contributed by atoms with E-state index in [1.807, 2.05) is 0 Å². The second-order valence-electron chi connectivity index (χ2n) is 4.10. The maximum absolute atomic E-state index is 11.9. The minimum Gasteiger partial charge on any atom is -0.464 e. The molecule has 4 nitrogen and oxygen atoms in total. The molecule has 0 aromatic carbocycles. The predicted octanol–water partition coefficient (Wildman–Crippen LogP) is 2.02. The highest BCUT2D eigenvalue weighted by molar-refractivity contribution is 6.02. The lowest BCUT2D eigenvalue weighted by atomic mass is 10.0. The van der Waals surface area contributed by atoms with Gasteiger partial charge in [0.05, 0.1) is 7.11 Å². The van der Waals surface area contributed by atoms with Crippen LogP contribution in [0.2, 0.25) is 0 Å². The molecule has 1 aromatic rings. The number of hydrogen-bond donors (Lipinski definition) is 1. The summed E-state index contributed by atoms with van der Waals surface area (Å²) in [6.45, 7) is 1.80. The van der Waals surface area contributed by atoms with Crippen LogP contribution in [0.4, 0.5) is 0 Å². The summed E-state index contributed by atoms with van der Waals surface area (Å²) in [5, 5.41) is 0. The van der Waals surface area contributed by atoms with Crippen molar-refractivity contribution >= 4 is 11.8 Å². The Kier molecular flexibility index (Phi) is 2.81. The molecule has 0 bridgehead atoms. The minimum absolute atomic E-state index is 0.136. The first-order chi connectivity index (χ1) is 7.65. The van der Waals surface area contributed by atoms with Gasteiger partial charge in [-0.3, -0.25) is 4.79 Å².